The summed E-state index contributed by atoms with van der Waals surface area (Å²) in [6.45, 7) is 1.80. The number of aromatic nitrogens is 6. The van der Waals surface area contributed by atoms with Crippen LogP contribution in [-0.4, -0.2) is 36.7 Å². The summed E-state index contributed by atoms with van der Waals surface area (Å²) >= 11 is 0. The summed E-state index contributed by atoms with van der Waals surface area (Å²) in [5.41, 5.74) is 2.57. The molecule has 0 aliphatic heterocycles. The normalized spacial score (nSPS) is 11.9. The highest BCUT2D eigenvalue weighted by Gasteiger charge is 2.15. The number of ether oxygens (including phenoxy) is 1. The van der Waals surface area contributed by atoms with Gasteiger partial charge in [0.1, 0.15) is 17.2 Å². The minimum Gasteiger partial charge on any atom is -0.497 e. The Balaban J connectivity index is 1.98. The number of hydrogen-bond donors (Lipinski definition) is 2. The molecule has 2 N–H and O–H groups in total. The number of hydrogen-bond acceptors (Lipinski definition) is 5. The molecule has 0 aliphatic carbocycles. The number of aryl methyl sites for hydroxylation is 1. The first-order chi connectivity index (χ1) is 11.6. The van der Waals surface area contributed by atoms with E-state index in [1.807, 2.05) is 24.3 Å². The van der Waals surface area contributed by atoms with Crippen LogP contribution >= 0.6 is 0 Å². The van der Waals surface area contributed by atoms with Crippen LogP contribution in [0.2, 0.25) is 0 Å². The van der Waals surface area contributed by atoms with Gasteiger partial charge in [0.2, 0.25) is 0 Å². The summed E-state index contributed by atoms with van der Waals surface area (Å²) in [6, 6.07) is 7.62. The molecule has 24 heavy (non-hydrogen) atoms. The standard InChI is InChI=1S/C16H12N6O2/c1-7-17-12-15(18-7)22-14(20-16(12)23)10-5-8-3-4-9(24-2)6-11(8)19-13(10)21-22/h3-6H,1-2H3,(H,17,18)(H,20,23). The van der Waals surface area contributed by atoms with Crippen LogP contribution in [0.3, 0.4) is 0 Å². The van der Waals surface area contributed by atoms with E-state index in [0.29, 0.717) is 28.3 Å². The lowest BCUT2D eigenvalue weighted by Crippen LogP contribution is -2.09. The van der Waals surface area contributed by atoms with E-state index < -0.39 is 0 Å². The number of fused-ring (bicyclic) bond motifs is 6. The second-order valence-corrected chi connectivity index (χ2v) is 5.65. The number of imidazole rings is 1. The zero-order valence-corrected chi connectivity index (χ0v) is 12.9. The van der Waals surface area contributed by atoms with Gasteiger partial charge in [-0.25, -0.2) is 9.97 Å². The fourth-order valence-electron chi connectivity index (χ4n) is 3.01. The molecule has 8 nitrogen and oxygen atoms in total. The number of aromatic amines is 2. The molecule has 0 radical (unpaired) electrons. The fourth-order valence-corrected chi connectivity index (χ4v) is 3.01. The Hall–Kier alpha value is -3.42. The molecule has 0 amide bonds. The van der Waals surface area contributed by atoms with Crippen molar-refractivity contribution in [2.24, 2.45) is 0 Å². The van der Waals surface area contributed by atoms with Crippen molar-refractivity contribution in [3.8, 4) is 5.75 Å². The van der Waals surface area contributed by atoms with Crippen molar-refractivity contribution in [3.63, 3.8) is 0 Å². The third kappa shape index (κ3) is 1.62. The van der Waals surface area contributed by atoms with Crippen LogP contribution in [0.4, 0.5) is 0 Å². The van der Waals surface area contributed by atoms with Crippen LogP contribution < -0.4 is 10.3 Å². The van der Waals surface area contributed by atoms with E-state index in [2.05, 4.69) is 25.0 Å². The largest absolute Gasteiger partial charge is 0.497 e. The first kappa shape index (κ1) is 13.1. The Morgan fingerprint density at radius 2 is 2.04 bits per heavy atom. The Labute approximate surface area is 134 Å². The topological polar surface area (TPSA) is 101 Å². The summed E-state index contributed by atoms with van der Waals surface area (Å²) in [4.78, 5) is 27.1. The van der Waals surface area contributed by atoms with Crippen molar-refractivity contribution in [1.29, 1.82) is 0 Å². The van der Waals surface area contributed by atoms with E-state index in [1.165, 1.54) is 0 Å². The summed E-state index contributed by atoms with van der Waals surface area (Å²) in [5.74, 6) is 1.39. The second kappa shape index (κ2) is 4.31. The average molecular weight is 320 g/mol. The summed E-state index contributed by atoms with van der Waals surface area (Å²) in [5, 5.41) is 6.23. The van der Waals surface area contributed by atoms with Crippen LogP contribution in [0.25, 0.3) is 38.7 Å². The van der Waals surface area contributed by atoms with Gasteiger partial charge in [-0.3, -0.25) is 4.79 Å². The van der Waals surface area contributed by atoms with Crippen molar-refractivity contribution in [1.82, 2.24) is 29.5 Å². The highest BCUT2D eigenvalue weighted by molar-refractivity contribution is 5.99. The first-order valence-corrected chi connectivity index (χ1v) is 7.40. The molecule has 0 saturated carbocycles. The van der Waals surface area contributed by atoms with Crippen molar-refractivity contribution in [2.75, 3.05) is 7.11 Å². The zero-order valence-electron chi connectivity index (χ0n) is 12.9. The Bertz CT molecular complexity index is 1330. The lowest BCUT2D eigenvalue weighted by molar-refractivity contribution is 0.415. The quantitative estimate of drug-likeness (QED) is 0.491. The van der Waals surface area contributed by atoms with Crippen LogP contribution in [-0.2, 0) is 0 Å². The van der Waals surface area contributed by atoms with Gasteiger partial charge in [-0.15, -0.1) is 5.10 Å². The van der Waals surface area contributed by atoms with Gasteiger partial charge in [-0.1, -0.05) is 0 Å². The Morgan fingerprint density at radius 3 is 2.88 bits per heavy atom. The van der Waals surface area contributed by atoms with Gasteiger partial charge in [0.25, 0.3) is 5.56 Å². The van der Waals surface area contributed by atoms with Crippen LogP contribution in [0.5, 0.6) is 5.75 Å². The molecule has 5 rings (SSSR count). The van der Waals surface area contributed by atoms with Gasteiger partial charge in [-0.2, -0.15) is 4.52 Å². The predicted molar refractivity (Wildman–Crippen MR) is 89.6 cm³/mol. The molecule has 0 aliphatic rings. The third-order valence-electron chi connectivity index (χ3n) is 4.13. The fraction of sp³-hybridized carbons (Fsp3) is 0.125. The highest BCUT2D eigenvalue weighted by Crippen LogP contribution is 2.25. The maximum absolute atomic E-state index is 12.3. The maximum atomic E-state index is 12.3. The number of methoxy groups -OCH3 is 1. The molecule has 0 saturated heterocycles. The molecular formula is C16H12N6O2. The van der Waals surface area contributed by atoms with Crippen molar-refractivity contribution in [2.45, 2.75) is 6.92 Å². The monoisotopic (exact) mass is 320 g/mol. The molecule has 4 aromatic heterocycles. The zero-order chi connectivity index (χ0) is 16.4. The van der Waals surface area contributed by atoms with Gasteiger partial charge >= 0.3 is 0 Å². The molecule has 4 heterocycles. The van der Waals surface area contributed by atoms with Crippen molar-refractivity contribution < 1.29 is 4.74 Å². The molecule has 0 fully saturated rings. The smallest absolute Gasteiger partial charge is 0.277 e. The molecule has 118 valence electrons. The third-order valence-corrected chi connectivity index (χ3v) is 4.13. The lowest BCUT2D eigenvalue weighted by Gasteiger charge is -2.01. The minimum atomic E-state index is -0.227. The number of H-pyrrole nitrogens is 2. The molecule has 0 bridgehead atoms. The van der Waals surface area contributed by atoms with Crippen molar-refractivity contribution >= 4 is 38.7 Å². The summed E-state index contributed by atoms with van der Waals surface area (Å²) < 4.78 is 6.86. The first-order valence-electron chi connectivity index (χ1n) is 7.40. The van der Waals surface area contributed by atoms with E-state index in [-0.39, 0.29) is 5.56 Å². The number of benzene rings is 1. The van der Waals surface area contributed by atoms with E-state index >= 15 is 0 Å². The van der Waals surface area contributed by atoms with E-state index in [4.69, 9.17) is 4.74 Å². The Kier molecular flexibility index (Phi) is 2.35. The molecule has 0 spiro atoms. The average Bonchev–Trinajstić information content (AvgIpc) is 3.13. The van der Waals surface area contributed by atoms with Crippen molar-refractivity contribution in [3.05, 3.63) is 40.4 Å². The summed E-state index contributed by atoms with van der Waals surface area (Å²) in [7, 11) is 1.62. The lowest BCUT2D eigenvalue weighted by atomic mass is 10.2. The minimum absolute atomic E-state index is 0.227. The number of pyridine rings is 1. The molecule has 0 unspecified atom stereocenters. The SMILES string of the molecule is COc1ccc2cc3c(nc2c1)nn1c2nc(C)[nH]c2c(=O)[nH]c31. The molecule has 5 aromatic rings. The van der Waals surface area contributed by atoms with E-state index in [1.54, 1.807) is 18.5 Å². The molecule has 8 heteroatoms. The number of rotatable bonds is 1. The van der Waals surface area contributed by atoms with Crippen LogP contribution in [0.1, 0.15) is 5.82 Å². The van der Waals surface area contributed by atoms with E-state index in [9.17, 15) is 4.79 Å². The van der Waals surface area contributed by atoms with Gasteiger partial charge in [0.05, 0.1) is 18.0 Å². The maximum Gasteiger partial charge on any atom is 0.277 e. The molecule has 1 aromatic carbocycles. The summed E-state index contributed by atoms with van der Waals surface area (Å²) in [6.07, 6.45) is 0. The van der Waals surface area contributed by atoms with Crippen LogP contribution in [0, 0.1) is 6.92 Å². The highest BCUT2D eigenvalue weighted by atomic mass is 16.5. The molecule has 0 atom stereocenters. The second-order valence-electron chi connectivity index (χ2n) is 5.65. The van der Waals surface area contributed by atoms with Gasteiger partial charge in [-0.05, 0) is 25.1 Å². The predicted octanol–water partition coefficient (Wildman–Crippen LogP) is 1.92. The van der Waals surface area contributed by atoms with Gasteiger partial charge in [0, 0.05) is 11.5 Å². The van der Waals surface area contributed by atoms with Crippen LogP contribution in [0.15, 0.2) is 29.1 Å². The number of nitrogens with one attached hydrogen (secondary N) is 2. The van der Waals surface area contributed by atoms with Gasteiger partial charge < -0.3 is 14.7 Å². The Morgan fingerprint density at radius 1 is 1.17 bits per heavy atom. The number of nitrogens with zero attached hydrogens (tertiary/aromatic N) is 4. The van der Waals surface area contributed by atoms with E-state index in [0.717, 1.165) is 22.0 Å². The van der Waals surface area contributed by atoms with Gasteiger partial charge in [0.15, 0.2) is 16.8 Å². The molecular weight excluding hydrogens is 308 g/mol.